The predicted molar refractivity (Wildman–Crippen MR) is 79.0 cm³/mol. The van der Waals surface area contributed by atoms with Crippen LogP contribution in [0.4, 0.5) is 10.5 Å². The molecule has 1 amide bonds. The largest absolute Gasteiger partial charge is 0.478 e. The van der Waals surface area contributed by atoms with E-state index in [1.807, 2.05) is 6.07 Å². The fourth-order valence-corrected chi connectivity index (χ4v) is 1.85. The summed E-state index contributed by atoms with van der Waals surface area (Å²) in [6, 6.07) is 13.2. The molecule has 0 fully saturated rings. The second-order valence-corrected chi connectivity index (χ2v) is 4.38. The highest BCUT2D eigenvalue weighted by Crippen LogP contribution is 2.20. The molecule has 0 aliphatic rings. The van der Waals surface area contributed by atoms with Crippen LogP contribution in [0.1, 0.15) is 26.3 Å². The molecule has 0 aliphatic carbocycles. The molecule has 2 N–H and O–H groups in total. The molecule has 0 aromatic heterocycles. The van der Waals surface area contributed by atoms with E-state index in [9.17, 15) is 14.4 Å². The number of aromatic carboxylic acids is 1. The molecular formula is C16H13NO5. The Bertz CT molecular complexity index is 697. The summed E-state index contributed by atoms with van der Waals surface area (Å²) in [4.78, 5) is 33.9. The van der Waals surface area contributed by atoms with Gasteiger partial charge in [0.15, 0.2) is 6.29 Å². The average molecular weight is 299 g/mol. The topological polar surface area (TPSA) is 92.7 Å². The quantitative estimate of drug-likeness (QED) is 0.828. The number of carbonyl (C=O) groups is 3. The van der Waals surface area contributed by atoms with Crippen molar-refractivity contribution in [1.29, 1.82) is 0 Å². The van der Waals surface area contributed by atoms with E-state index in [1.54, 1.807) is 24.3 Å². The summed E-state index contributed by atoms with van der Waals surface area (Å²) >= 11 is 0. The van der Waals surface area contributed by atoms with Crippen LogP contribution in [-0.4, -0.2) is 23.5 Å². The molecular weight excluding hydrogens is 286 g/mol. The number of rotatable bonds is 5. The standard InChI is InChI=1S/C16H13NO5/c18-9-12-7-4-8-13(15(19)20)14(12)17-16(21)22-10-11-5-2-1-3-6-11/h1-9H,10H2,(H,17,21)(H,19,20). The number of hydrogen-bond donors (Lipinski definition) is 2. The lowest BCUT2D eigenvalue weighted by Crippen LogP contribution is -2.17. The number of anilines is 1. The maximum absolute atomic E-state index is 11.8. The Morgan fingerprint density at radius 2 is 1.82 bits per heavy atom. The molecule has 0 radical (unpaired) electrons. The number of amides is 1. The van der Waals surface area contributed by atoms with Gasteiger partial charge in [-0.2, -0.15) is 0 Å². The molecule has 0 bridgehead atoms. The third kappa shape index (κ3) is 3.69. The van der Waals surface area contributed by atoms with Crippen molar-refractivity contribution >= 4 is 24.0 Å². The van der Waals surface area contributed by atoms with E-state index in [0.29, 0.717) is 6.29 Å². The molecule has 112 valence electrons. The van der Waals surface area contributed by atoms with Crippen molar-refractivity contribution in [1.82, 2.24) is 0 Å². The summed E-state index contributed by atoms with van der Waals surface area (Å²) in [6.07, 6.45) is -0.361. The van der Waals surface area contributed by atoms with Crippen LogP contribution in [0.2, 0.25) is 0 Å². The minimum Gasteiger partial charge on any atom is -0.478 e. The van der Waals surface area contributed by atoms with Crippen LogP contribution in [0, 0.1) is 0 Å². The zero-order valence-corrected chi connectivity index (χ0v) is 11.5. The minimum absolute atomic E-state index is 0.0400. The lowest BCUT2D eigenvalue weighted by molar-refractivity contribution is 0.0698. The highest BCUT2D eigenvalue weighted by molar-refractivity contribution is 6.04. The van der Waals surface area contributed by atoms with Crippen molar-refractivity contribution in [2.75, 3.05) is 5.32 Å². The van der Waals surface area contributed by atoms with Crippen LogP contribution in [-0.2, 0) is 11.3 Å². The molecule has 2 aromatic carbocycles. The Morgan fingerprint density at radius 3 is 2.45 bits per heavy atom. The van der Waals surface area contributed by atoms with Crippen molar-refractivity contribution in [2.45, 2.75) is 6.61 Å². The second kappa shape index (κ2) is 7.03. The van der Waals surface area contributed by atoms with E-state index >= 15 is 0 Å². The van der Waals surface area contributed by atoms with Gasteiger partial charge >= 0.3 is 12.1 Å². The lowest BCUT2D eigenvalue weighted by Gasteiger charge is -2.11. The van der Waals surface area contributed by atoms with Gasteiger partial charge in [0.05, 0.1) is 11.3 Å². The van der Waals surface area contributed by atoms with Crippen LogP contribution < -0.4 is 5.32 Å². The molecule has 6 nitrogen and oxygen atoms in total. The normalized spacial score (nSPS) is 9.82. The molecule has 2 aromatic rings. The maximum atomic E-state index is 11.8. The first kappa shape index (κ1) is 15.2. The summed E-state index contributed by atoms with van der Waals surface area (Å²) in [6.45, 7) is 0.0400. The molecule has 2 rings (SSSR count). The summed E-state index contributed by atoms with van der Waals surface area (Å²) in [5, 5.41) is 11.4. The Balaban J connectivity index is 2.11. The van der Waals surface area contributed by atoms with Crippen LogP contribution >= 0.6 is 0 Å². The first-order valence-electron chi connectivity index (χ1n) is 6.41. The van der Waals surface area contributed by atoms with Gasteiger partial charge in [0.1, 0.15) is 6.61 Å². The SMILES string of the molecule is O=Cc1cccc(C(=O)O)c1NC(=O)OCc1ccccc1. The zero-order valence-electron chi connectivity index (χ0n) is 11.5. The molecule has 0 unspecified atom stereocenters. The molecule has 0 heterocycles. The fraction of sp³-hybridized carbons (Fsp3) is 0.0625. The number of aldehydes is 1. The first-order chi connectivity index (χ1) is 10.6. The Kier molecular flexibility index (Phi) is 4.87. The number of ether oxygens (including phenoxy) is 1. The Hall–Kier alpha value is -3.15. The Labute approximate surface area is 126 Å². The molecule has 0 saturated heterocycles. The molecule has 0 atom stereocenters. The van der Waals surface area contributed by atoms with Crippen LogP contribution in [0.15, 0.2) is 48.5 Å². The van der Waals surface area contributed by atoms with Crippen molar-refractivity contribution in [3.8, 4) is 0 Å². The third-order valence-corrected chi connectivity index (χ3v) is 2.89. The number of benzene rings is 2. The number of para-hydroxylation sites is 1. The van der Waals surface area contributed by atoms with Crippen molar-refractivity contribution in [2.24, 2.45) is 0 Å². The lowest BCUT2D eigenvalue weighted by atomic mass is 10.1. The highest BCUT2D eigenvalue weighted by atomic mass is 16.5. The summed E-state index contributed by atoms with van der Waals surface area (Å²) < 4.78 is 5.01. The number of carboxylic acid groups (broad SMARTS) is 1. The monoisotopic (exact) mass is 299 g/mol. The molecule has 0 saturated carbocycles. The third-order valence-electron chi connectivity index (χ3n) is 2.89. The fourth-order valence-electron chi connectivity index (χ4n) is 1.85. The van der Waals surface area contributed by atoms with Gasteiger partial charge in [-0.25, -0.2) is 9.59 Å². The van der Waals surface area contributed by atoms with Gasteiger partial charge in [0.2, 0.25) is 0 Å². The maximum Gasteiger partial charge on any atom is 0.411 e. The van der Waals surface area contributed by atoms with Gasteiger partial charge in [0.25, 0.3) is 0 Å². The molecule has 6 heteroatoms. The van der Waals surface area contributed by atoms with Gasteiger partial charge in [-0.15, -0.1) is 0 Å². The van der Waals surface area contributed by atoms with E-state index in [1.165, 1.54) is 18.2 Å². The van der Waals surface area contributed by atoms with Crippen LogP contribution in [0.3, 0.4) is 0 Å². The van der Waals surface area contributed by atoms with E-state index in [2.05, 4.69) is 5.32 Å². The van der Waals surface area contributed by atoms with E-state index in [0.717, 1.165) is 5.56 Å². The molecule has 22 heavy (non-hydrogen) atoms. The van der Waals surface area contributed by atoms with Gasteiger partial charge in [-0.1, -0.05) is 36.4 Å². The summed E-state index contributed by atoms with van der Waals surface area (Å²) in [5.41, 5.74) is 0.598. The minimum atomic E-state index is -1.25. The van der Waals surface area contributed by atoms with Gasteiger partial charge < -0.3 is 9.84 Å². The van der Waals surface area contributed by atoms with Gasteiger partial charge in [-0.3, -0.25) is 10.1 Å². The second-order valence-electron chi connectivity index (χ2n) is 4.38. The van der Waals surface area contributed by atoms with E-state index < -0.39 is 12.1 Å². The van der Waals surface area contributed by atoms with Crippen molar-refractivity contribution in [3.05, 3.63) is 65.2 Å². The van der Waals surface area contributed by atoms with Crippen molar-refractivity contribution < 1.29 is 24.2 Å². The molecule has 0 aliphatic heterocycles. The number of carboxylic acids is 1. The first-order valence-corrected chi connectivity index (χ1v) is 6.41. The van der Waals surface area contributed by atoms with Crippen LogP contribution in [0.5, 0.6) is 0 Å². The number of hydrogen-bond acceptors (Lipinski definition) is 4. The van der Waals surface area contributed by atoms with E-state index in [4.69, 9.17) is 9.84 Å². The number of carbonyl (C=O) groups excluding carboxylic acids is 2. The molecule has 0 spiro atoms. The predicted octanol–water partition coefficient (Wildman–Crippen LogP) is 2.95. The number of nitrogens with one attached hydrogen (secondary N) is 1. The van der Waals surface area contributed by atoms with Crippen molar-refractivity contribution in [3.63, 3.8) is 0 Å². The summed E-state index contributed by atoms with van der Waals surface area (Å²) in [7, 11) is 0. The van der Waals surface area contributed by atoms with Gasteiger partial charge in [0, 0.05) is 5.56 Å². The van der Waals surface area contributed by atoms with Gasteiger partial charge in [-0.05, 0) is 17.7 Å². The smallest absolute Gasteiger partial charge is 0.411 e. The summed E-state index contributed by atoms with van der Waals surface area (Å²) in [5.74, 6) is -1.25. The zero-order chi connectivity index (χ0) is 15.9. The average Bonchev–Trinajstić information content (AvgIpc) is 2.54. The Morgan fingerprint density at radius 1 is 1.09 bits per heavy atom. The van der Waals surface area contributed by atoms with E-state index in [-0.39, 0.29) is 23.4 Å². The van der Waals surface area contributed by atoms with Crippen LogP contribution in [0.25, 0.3) is 0 Å². The highest BCUT2D eigenvalue weighted by Gasteiger charge is 2.16.